The van der Waals surface area contributed by atoms with Crippen LogP contribution in [0.5, 0.6) is 0 Å². The second-order valence-corrected chi connectivity index (χ2v) is 3.20. The van der Waals surface area contributed by atoms with E-state index >= 15 is 0 Å². The number of likely N-dealkylation sites (N-methyl/N-ethyl adjacent to an activating group) is 1. The van der Waals surface area contributed by atoms with Crippen LogP contribution in [-0.4, -0.2) is 29.8 Å². The molecule has 0 fully saturated rings. The van der Waals surface area contributed by atoms with Crippen molar-refractivity contribution in [3.8, 4) is 0 Å². The molecule has 0 amide bonds. The molecule has 0 N–H and O–H groups in total. The van der Waals surface area contributed by atoms with Crippen molar-refractivity contribution in [2.45, 2.75) is 26.8 Å². The van der Waals surface area contributed by atoms with Gasteiger partial charge in [-0.1, -0.05) is 19.1 Å². The van der Waals surface area contributed by atoms with Crippen molar-refractivity contribution in [1.29, 1.82) is 0 Å². The fraction of sp³-hybridized carbons (Fsp3) is 0.778. The Morgan fingerprint density at radius 3 is 2.36 bits per heavy atom. The summed E-state index contributed by atoms with van der Waals surface area (Å²) < 4.78 is 0. The Morgan fingerprint density at radius 2 is 2.00 bits per heavy atom. The van der Waals surface area contributed by atoms with E-state index in [0.717, 1.165) is 18.8 Å². The van der Waals surface area contributed by atoms with Gasteiger partial charge in [0.2, 0.25) is 0 Å². The zero-order chi connectivity index (χ0) is 8.69. The lowest BCUT2D eigenvalue weighted by atomic mass is 10.3. The van der Waals surface area contributed by atoms with Gasteiger partial charge in [-0.25, -0.2) is 0 Å². The number of hydrogen-bond donors (Lipinski definition) is 1. The maximum atomic E-state index is 4.10. The van der Waals surface area contributed by atoms with Crippen molar-refractivity contribution in [2.24, 2.45) is 0 Å². The van der Waals surface area contributed by atoms with Crippen LogP contribution < -0.4 is 0 Å². The molecule has 0 saturated carbocycles. The van der Waals surface area contributed by atoms with Gasteiger partial charge in [0.1, 0.15) is 0 Å². The molecule has 0 radical (unpaired) electrons. The van der Waals surface area contributed by atoms with Crippen LogP contribution in [0.1, 0.15) is 20.8 Å². The lowest BCUT2D eigenvalue weighted by Crippen LogP contribution is -2.30. The summed E-state index contributed by atoms with van der Waals surface area (Å²) in [6, 6.07) is 0.643. The summed E-state index contributed by atoms with van der Waals surface area (Å²) in [5.41, 5.74) is 0. The van der Waals surface area contributed by atoms with Gasteiger partial charge in [-0.3, -0.25) is 4.90 Å². The fourth-order valence-corrected chi connectivity index (χ4v) is 1.14. The molecule has 0 aliphatic carbocycles. The third kappa shape index (κ3) is 5.33. The molecule has 2 heteroatoms. The molecular formula is C9H19NS. The Labute approximate surface area is 75.9 Å². The van der Waals surface area contributed by atoms with Gasteiger partial charge in [0.15, 0.2) is 0 Å². The standard InChI is InChI=1S/C9H19NS/c1-4-10(9(2)3)7-5-6-8-11/h5-6,9,11H,4,7-8H2,1-3H3. The smallest absolute Gasteiger partial charge is 0.0166 e. The first-order valence-corrected chi connectivity index (χ1v) is 4.85. The molecule has 0 aromatic heterocycles. The summed E-state index contributed by atoms with van der Waals surface area (Å²) in [5, 5.41) is 0. The molecule has 0 aliphatic rings. The van der Waals surface area contributed by atoms with Crippen molar-refractivity contribution in [2.75, 3.05) is 18.8 Å². The van der Waals surface area contributed by atoms with Crippen LogP contribution in [0.4, 0.5) is 0 Å². The molecule has 0 bridgehead atoms. The van der Waals surface area contributed by atoms with Crippen molar-refractivity contribution in [3.63, 3.8) is 0 Å². The van der Waals surface area contributed by atoms with Crippen molar-refractivity contribution in [3.05, 3.63) is 12.2 Å². The number of rotatable bonds is 5. The zero-order valence-corrected chi connectivity index (χ0v) is 8.64. The molecule has 0 aromatic carbocycles. The van der Waals surface area contributed by atoms with Crippen LogP contribution in [0, 0.1) is 0 Å². The first-order chi connectivity index (χ1) is 5.22. The quantitative estimate of drug-likeness (QED) is 0.493. The molecule has 0 atom stereocenters. The Kier molecular flexibility index (Phi) is 6.77. The monoisotopic (exact) mass is 173 g/mol. The Balaban J connectivity index is 3.60. The molecule has 0 unspecified atom stereocenters. The maximum Gasteiger partial charge on any atom is 0.0166 e. The van der Waals surface area contributed by atoms with E-state index in [1.54, 1.807) is 0 Å². The van der Waals surface area contributed by atoms with E-state index in [1.807, 2.05) is 0 Å². The average Bonchev–Trinajstić information content (AvgIpc) is 1.97. The van der Waals surface area contributed by atoms with E-state index in [4.69, 9.17) is 0 Å². The van der Waals surface area contributed by atoms with E-state index in [9.17, 15) is 0 Å². The Morgan fingerprint density at radius 1 is 1.36 bits per heavy atom. The normalized spacial score (nSPS) is 12.2. The maximum absolute atomic E-state index is 4.10. The van der Waals surface area contributed by atoms with E-state index < -0.39 is 0 Å². The largest absolute Gasteiger partial charge is 0.298 e. The van der Waals surface area contributed by atoms with Gasteiger partial charge in [0.05, 0.1) is 0 Å². The van der Waals surface area contributed by atoms with E-state index in [1.165, 1.54) is 0 Å². The molecule has 0 aromatic rings. The van der Waals surface area contributed by atoms with Crippen LogP contribution >= 0.6 is 12.6 Å². The Bertz CT molecular complexity index is 110. The van der Waals surface area contributed by atoms with Crippen LogP contribution in [0.25, 0.3) is 0 Å². The number of thiol groups is 1. The van der Waals surface area contributed by atoms with E-state index in [-0.39, 0.29) is 0 Å². The number of hydrogen-bond acceptors (Lipinski definition) is 2. The zero-order valence-electron chi connectivity index (χ0n) is 7.75. The number of nitrogens with zero attached hydrogens (tertiary/aromatic N) is 1. The van der Waals surface area contributed by atoms with Crippen LogP contribution in [0.3, 0.4) is 0 Å². The van der Waals surface area contributed by atoms with Crippen molar-refractivity contribution >= 4 is 12.6 Å². The summed E-state index contributed by atoms with van der Waals surface area (Å²) in [7, 11) is 0. The van der Waals surface area contributed by atoms with Gasteiger partial charge < -0.3 is 0 Å². The third-order valence-corrected chi connectivity index (χ3v) is 1.96. The SMILES string of the molecule is CCN(CC=CCS)C(C)C. The summed E-state index contributed by atoms with van der Waals surface area (Å²) >= 11 is 4.10. The molecule has 0 heterocycles. The average molecular weight is 173 g/mol. The minimum absolute atomic E-state index is 0.643. The highest BCUT2D eigenvalue weighted by atomic mass is 32.1. The van der Waals surface area contributed by atoms with Crippen molar-refractivity contribution < 1.29 is 0 Å². The first kappa shape index (κ1) is 11.1. The lowest BCUT2D eigenvalue weighted by Gasteiger charge is -2.22. The first-order valence-electron chi connectivity index (χ1n) is 4.22. The molecular weight excluding hydrogens is 154 g/mol. The molecule has 11 heavy (non-hydrogen) atoms. The summed E-state index contributed by atoms with van der Waals surface area (Å²) in [4.78, 5) is 2.40. The van der Waals surface area contributed by atoms with Gasteiger partial charge >= 0.3 is 0 Å². The van der Waals surface area contributed by atoms with Gasteiger partial charge in [0, 0.05) is 18.3 Å². The van der Waals surface area contributed by atoms with Crippen LogP contribution in [-0.2, 0) is 0 Å². The summed E-state index contributed by atoms with van der Waals surface area (Å²) in [6.07, 6.45) is 4.27. The van der Waals surface area contributed by atoms with Crippen LogP contribution in [0.2, 0.25) is 0 Å². The molecule has 0 saturated heterocycles. The second kappa shape index (κ2) is 6.74. The highest BCUT2D eigenvalue weighted by Crippen LogP contribution is 1.96. The van der Waals surface area contributed by atoms with Gasteiger partial charge in [-0.05, 0) is 20.4 Å². The molecule has 1 nitrogen and oxygen atoms in total. The second-order valence-electron chi connectivity index (χ2n) is 2.84. The minimum Gasteiger partial charge on any atom is -0.298 e. The van der Waals surface area contributed by atoms with Crippen molar-refractivity contribution in [1.82, 2.24) is 4.90 Å². The third-order valence-electron chi connectivity index (χ3n) is 1.75. The summed E-state index contributed by atoms with van der Waals surface area (Å²) in [6.45, 7) is 8.80. The lowest BCUT2D eigenvalue weighted by molar-refractivity contribution is 0.259. The van der Waals surface area contributed by atoms with Gasteiger partial charge in [0.25, 0.3) is 0 Å². The highest BCUT2D eigenvalue weighted by Gasteiger charge is 2.02. The molecule has 66 valence electrons. The minimum atomic E-state index is 0.643. The molecule has 0 rings (SSSR count). The topological polar surface area (TPSA) is 3.24 Å². The van der Waals surface area contributed by atoms with Gasteiger partial charge in [-0.15, -0.1) is 0 Å². The molecule has 0 spiro atoms. The summed E-state index contributed by atoms with van der Waals surface area (Å²) in [5.74, 6) is 0.843. The highest BCUT2D eigenvalue weighted by molar-refractivity contribution is 7.80. The Hall–Kier alpha value is 0.0500. The van der Waals surface area contributed by atoms with Gasteiger partial charge in [-0.2, -0.15) is 12.6 Å². The fourth-order valence-electron chi connectivity index (χ4n) is 0.990. The van der Waals surface area contributed by atoms with E-state index in [2.05, 4.69) is 50.5 Å². The predicted molar refractivity (Wildman–Crippen MR) is 55.4 cm³/mol. The van der Waals surface area contributed by atoms with Crippen LogP contribution in [0.15, 0.2) is 12.2 Å². The predicted octanol–water partition coefficient (Wildman–Crippen LogP) is 2.20. The van der Waals surface area contributed by atoms with E-state index in [0.29, 0.717) is 6.04 Å². The molecule has 0 aliphatic heterocycles.